The number of fused-ring (bicyclic) bond motifs is 2. The number of alkyl halides is 1. The van der Waals surface area contributed by atoms with Crippen molar-refractivity contribution in [3.8, 4) is 11.5 Å². The summed E-state index contributed by atoms with van der Waals surface area (Å²) >= 11 is 43.8. The van der Waals surface area contributed by atoms with Gasteiger partial charge in [-0.3, -0.25) is 0 Å². The molecule has 0 unspecified atom stereocenters. The summed E-state index contributed by atoms with van der Waals surface area (Å²) in [5, 5.41) is 5.09. The number of benzene rings is 3. The van der Waals surface area contributed by atoms with Gasteiger partial charge in [-0.05, 0) is 23.8 Å². The maximum atomic E-state index is 13.9. The molecule has 2 N–H and O–H groups in total. The van der Waals surface area contributed by atoms with Crippen molar-refractivity contribution in [2.45, 2.75) is 12.3 Å². The number of amides is 2. The second kappa shape index (κ2) is 10.6. The van der Waals surface area contributed by atoms with Crippen LogP contribution in [-0.2, 0) is 16.9 Å². The molecule has 0 saturated heterocycles. The van der Waals surface area contributed by atoms with Gasteiger partial charge in [0.05, 0.1) is 30.1 Å². The van der Waals surface area contributed by atoms with E-state index in [-0.39, 0.29) is 65.1 Å². The molecule has 35 heavy (non-hydrogen) atoms. The zero-order valence-corrected chi connectivity index (χ0v) is 23.3. The number of nitrogens with one attached hydrogen (secondary N) is 2. The third-order valence-electron chi connectivity index (χ3n) is 4.86. The quantitative estimate of drug-likeness (QED) is 0.171. The molecule has 1 aliphatic rings. The van der Waals surface area contributed by atoms with Crippen LogP contribution >= 0.6 is 89.0 Å². The van der Waals surface area contributed by atoms with E-state index in [1.165, 1.54) is 12.1 Å². The van der Waals surface area contributed by atoms with Crippen LogP contribution in [-0.4, -0.2) is 6.03 Å². The van der Waals surface area contributed by atoms with Gasteiger partial charge in [0.15, 0.2) is 11.5 Å². The Morgan fingerprint density at radius 1 is 0.857 bits per heavy atom. The molecule has 0 fully saturated rings. The fraction of sp³-hybridized carbons (Fsp3) is 0.0952. The van der Waals surface area contributed by atoms with Crippen LogP contribution < -0.4 is 19.5 Å². The van der Waals surface area contributed by atoms with Crippen LogP contribution in [0.1, 0.15) is 16.7 Å². The van der Waals surface area contributed by atoms with Gasteiger partial charge in [0, 0.05) is 29.1 Å². The summed E-state index contributed by atoms with van der Waals surface area (Å²) in [6.07, 6.45) is -0.0296. The first-order valence-electron chi connectivity index (χ1n) is 9.58. The van der Waals surface area contributed by atoms with Crippen LogP contribution in [0.15, 0.2) is 36.4 Å². The fourth-order valence-electron chi connectivity index (χ4n) is 3.28. The second-order valence-electron chi connectivity index (χ2n) is 7.14. The van der Waals surface area contributed by atoms with Gasteiger partial charge in [0.2, 0.25) is 0 Å². The number of anilines is 1. The topological polar surface area (TPSA) is 76.7 Å². The van der Waals surface area contributed by atoms with Gasteiger partial charge in [0.25, 0.3) is 0 Å². The van der Waals surface area contributed by atoms with Gasteiger partial charge in [-0.1, -0.05) is 87.8 Å². The van der Waals surface area contributed by atoms with Crippen molar-refractivity contribution in [3.63, 3.8) is 0 Å². The predicted molar refractivity (Wildman–Crippen MR) is 143 cm³/mol. The van der Waals surface area contributed by atoms with Crippen LogP contribution in [0.4, 0.5) is 10.5 Å². The normalized spacial score (nSPS) is 13.9. The molecule has 0 atom stereocenters. The third-order valence-corrected chi connectivity index (χ3v) is 8.69. The molecule has 6 nitrogen and oxygen atoms in total. The second-order valence-corrected chi connectivity index (χ2v) is 11.4. The molecule has 4 rings (SSSR count). The van der Waals surface area contributed by atoms with Gasteiger partial charge in [-0.25, -0.2) is 14.4 Å². The van der Waals surface area contributed by atoms with E-state index in [1.807, 2.05) is 0 Å². The van der Waals surface area contributed by atoms with Crippen LogP contribution in [0.5, 0.6) is 11.5 Å². The first-order valence-corrected chi connectivity index (χ1v) is 13.9. The molecular weight excluding hydrogens is 623 g/mol. The number of para-hydroxylation sites is 1. The van der Waals surface area contributed by atoms with E-state index in [1.54, 1.807) is 24.3 Å². The van der Waals surface area contributed by atoms with Gasteiger partial charge < -0.3 is 14.4 Å². The van der Waals surface area contributed by atoms with Gasteiger partial charge in [-0.15, -0.1) is 11.6 Å². The number of urea groups is 1. The molecule has 1 aliphatic heterocycles. The number of halogens is 7. The fourth-order valence-corrected chi connectivity index (χ4v) is 6.45. The SMILES string of the molecule is O=C(Nc1ccccc1CCl)NP1(=O)Oc2c(Cl)cc(Cl)c(Cl)c2Cc2c(Cl)c(Cl)cc(Cl)c2O1. The Balaban J connectivity index is 1.82. The molecule has 1 heterocycles. The Labute approximate surface area is 235 Å². The highest BCUT2D eigenvalue weighted by Gasteiger charge is 2.39. The molecule has 0 aromatic heterocycles. The summed E-state index contributed by atoms with van der Waals surface area (Å²) in [7, 11) is -4.56. The van der Waals surface area contributed by atoms with Crippen molar-refractivity contribution in [1.29, 1.82) is 0 Å². The average molecular weight is 635 g/mol. The Morgan fingerprint density at radius 3 is 1.89 bits per heavy atom. The monoisotopic (exact) mass is 632 g/mol. The minimum atomic E-state index is -4.56. The highest BCUT2D eigenvalue weighted by molar-refractivity contribution is 7.53. The number of hydrogen-bond donors (Lipinski definition) is 2. The van der Waals surface area contributed by atoms with Crippen molar-refractivity contribution < 1.29 is 18.4 Å². The Hall–Kier alpha value is -1.21. The summed E-state index contributed by atoms with van der Waals surface area (Å²) in [4.78, 5) is 12.8. The number of hydrogen-bond acceptors (Lipinski definition) is 4. The first kappa shape index (κ1) is 26.8. The smallest absolute Gasteiger partial charge is 0.398 e. The minimum Gasteiger partial charge on any atom is -0.398 e. The molecule has 14 heteroatoms. The molecule has 3 aromatic rings. The largest absolute Gasteiger partial charge is 0.545 e. The van der Waals surface area contributed by atoms with Crippen molar-refractivity contribution in [3.05, 3.63) is 83.2 Å². The highest BCUT2D eigenvalue weighted by atomic mass is 35.5. The summed E-state index contributed by atoms with van der Waals surface area (Å²) in [5.41, 5.74) is 1.50. The van der Waals surface area contributed by atoms with Crippen LogP contribution in [0, 0.1) is 0 Å². The van der Waals surface area contributed by atoms with E-state index in [0.29, 0.717) is 11.3 Å². The lowest BCUT2D eigenvalue weighted by Gasteiger charge is -2.28. The van der Waals surface area contributed by atoms with Gasteiger partial charge >= 0.3 is 13.8 Å². The zero-order chi connectivity index (χ0) is 25.5. The molecule has 0 aliphatic carbocycles. The lowest BCUT2D eigenvalue weighted by atomic mass is 10.0. The predicted octanol–water partition coefficient (Wildman–Crippen LogP) is 9.64. The number of rotatable bonds is 3. The van der Waals surface area contributed by atoms with E-state index in [4.69, 9.17) is 90.3 Å². The van der Waals surface area contributed by atoms with Crippen LogP contribution in [0.3, 0.4) is 0 Å². The summed E-state index contributed by atoms with van der Waals surface area (Å²) in [5.74, 6) is -0.113. The van der Waals surface area contributed by atoms with E-state index < -0.39 is 13.8 Å². The Kier molecular flexibility index (Phi) is 8.16. The van der Waals surface area contributed by atoms with Crippen LogP contribution in [0.25, 0.3) is 0 Å². The molecular formula is C21H12Cl7N2O4P. The summed E-state index contributed by atoms with van der Waals surface area (Å²) in [6, 6.07) is 8.49. The van der Waals surface area contributed by atoms with Crippen molar-refractivity contribution in [1.82, 2.24) is 5.09 Å². The van der Waals surface area contributed by atoms with Gasteiger partial charge in [-0.2, -0.15) is 0 Å². The average Bonchev–Trinajstić information content (AvgIpc) is 2.79. The van der Waals surface area contributed by atoms with Crippen molar-refractivity contribution >= 4 is 101 Å². The lowest BCUT2D eigenvalue weighted by molar-refractivity contribution is 0.253. The van der Waals surface area contributed by atoms with Gasteiger partial charge in [0.1, 0.15) is 0 Å². The number of carbonyl (C=O) groups is 1. The van der Waals surface area contributed by atoms with Crippen molar-refractivity contribution in [2.75, 3.05) is 5.32 Å². The van der Waals surface area contributed by atoms with Crippen molar-refractivity contribution in [2.24, 2.45) is 0 Å². The van der Waals surface area contributed by atoms with E-state index in [0.717, 1.165) is 0 Å². The lowest BCUT2D eigenvalue weighted by Crippen LogP contribution is -2.31. The first-order chi connectivity index (χ1) is 16.5. The third kappa shape index (κ3) is 5.56. The summed E-state index contributed by atoms with van der Waals surface area (Å²) < 4.78 is 25.2. The van der Waals surface area contributed by atoms with E-state index >= 15 is 0 Å². The maximum absolute atomic E-state index is 13.9. The molecule has 0 bridgehead atoms. The molecule has 0 spiro atoms. The highest BCUT2D eigenvalue weighted by Crippen LogP contribution is 2.56. The standard InChI is InChI=1S/C21H12Cl7N2O4P/c22-8-9-3-1-2-4-16(9)29-21(31)30-35(32)33-19-10(17(27)12(23)6-14(19)25)5-11-18(28)13(24)7-15(26)20(11)34-35/h1-4,6-7H,5,8H2,(H2,29,30,31,32). The Morgan fingerprint density at radius 2 is 1.37 bits per heavy atom. The maximum Gasteiger partial charge on any atom is 0.545 e. The molecule has 2 amide bonds. The zero-order valence-electron chi connectivity index (χ0n) is 17.1. The molecule has 0 radical (unpaired) electrons. The molecule has 0 saturated carbocycles. The van der Waals surface area contributed by atoms with E-state index in [2.05, 4.69) is 10.4 Å². The van der Waals surface area contributed by atoms with Crippen LogP contribution in [0.2, 0.25) is 30.1 Å². The Bertz CT molecular complexity index is 1330. The molecule has 3 aromatic carbocycles. The minimum absolute atomic E-state index is 0.0272. The number of carbonyl (C=O) groups excluding carboxylic acids is 1. The summed E-state index contributed by atoms with van der Waals surface area (Å²) in [6.45, 7) is 0. The van der Waals surface area contributed by atoms with E-state index in [9.17, 15) is 9.36 Å². The molecule has 184 valence electrons.